The van der Waals surface area contributed by atoms with Gasteiger partial charge in [0, 0.05) is 13.1 Å². The van der Waals surface area contributed by atoms with E-state index in [0.717, 1.165) is 6.29 Å². The third kappa shape index (κ3) is 3.77. The number of nitriles is 1. The molecule has 19 heavy (non-hydrogen) atoms. The Balaban J connectivity index is 2.56. The molecule has 0 aliphatic carbocycles. The summed E-state index contributed by atoms with van der Waals surface area (Å²) < 4.78 is 0. The molecule has 0 spiro atoms. The predicted molar refractivity (Wildman–Crippen MR) is 69.6 cm³/mol. The number of aldehydes is 1. The maximum atomic E-state index is 11.8. The Morgan fingerprint density at radius 1 is 1.42 bits per heavy atom. The number of carbonyl (C=O) groups excluding carboxylic acids is 2. The minimum absolute atomic E-state index is 0.261. The van der Waals surface area contributed by atoms with Gasteiger partial charge in [-0.3, -0.25) is 0 Å². The van der Waals surface area contributed by atoms with Crippen molar-refractivity contribution in [1.82, 2.24) is 5.06 Å². The van der Waals surface area contributed by atoms with E-state index in [1.165, 1.54) is 0 Å². The van der Waals surface area contributed by atoms with Crippen molar-refractivity contribution in [3.63, 3.8) is 0 Å². The van der Waals surface area contributed by atoms with Crippen LogP contribution in [-0.2, 0) is 14.4 Å². The van der Waals surface area contributed by atoms with E-state index in [-0.39, 0.29) is 11.4 Å². The molecule has 1 unspecified atom stereocenters. The Morgan fingerprint density at radius 2 is 1.95 bits per heavy atom. The molecule has 0 aromatic carbocycles. The van der Waals surface area contributed by atoms with Gasteiger partial charge in [0.2, 0.25) is 0 Å². The van der Waals surface area contributed by atoms with Crippen LogP contribution in [0.15, 0.2) is 0 Å². The first-order chi connectivity index (χ1) is 8.73. The zero-order chi connectivity index (χ0) is 14.7. The Kier molecular flexibility index (Phi) is 4.70. The number of hydrogen-bond acceptors (Lipinski definition) is 5. The minimum atomic E-state index is -0.590. The fourth-order valence-corrected chi connectivity index (χ4v) is 2.00. The number of hydroxylamine groups is 2. The van der Waals surface area contributed by atoms with Crippen LogP contribution in [-0.4, -0.2) is 30.4 Å². The maximum Gasteiger partial charge on any atom is 0.330 e. The van der Waals surface area contributed by atoms with Crippen LogP contribution in [0.2, 0.25) is 0 Å². The van der Waals surface area contributed by atoms with Crippen molar-refractivity contribution in [3.05, 3.63) is 0 Å². The lowest BCUT2D eigenvalue weighted by Gasteiger charge is -2.39. The van der Waals surface area contributed by atoms with E-state index in [1.807, 2.05) is 33.8 Å². The van der Waals surface area contributed by atoms with E-state index in [2.05, 4.69) is 0 Å². The van der Waals surface area contributed by atoms with Crippen LogP contribution < -0.4 is 0 Å². The molecule has 5 heteroatoms. The van der Waals surface area contributed by atoms with Gasteiger partial charge in [0.1, 0.15) is 12.2 Å². The van der Waals surface area contributed by atoms with Gasteiger partial charge in [-0.2, -0.15) is 5.26 Å². The quantitative estimate of drug-likeness (QED) is 0.730. The molecule has 0 saturated carbocycles. The smallest absolute Gasteiger partial charge is 0.330 e. The number of rotatable bonds is 3. The zero-order valence-electron chi connectivity index (χ0n) is 12.1. The highest BCUT2D eigenvalue weighted by Crippen LogP contribution is 2.37. The second-order valence-corrected chi connectivity index (χ2v) is 6.45. The fourth-order valence-electron chi connectivity index (χ4n) is 2.00. The number of piperidine rings is 1. The summed E-state index contributed by atoms with van der Waals surface area (Å²) in [6.45, 7) is 8.48. The Labute approximate surface area is 114 Å². The van der Waals surface area contributed by atoms with E-state index in [0.29, 0.717) is 25.9 Å². The van der Waals surface area contributed by atoms with E-state index in [1.54, 1.807) is 5.06 Å². The van der Waals surface area contributed by atoms with Crippen molar-refractivity contribution in [2.24, 2.45) is 16.7 Å². The highest BCUT2D eigenvalue weighted by Gasteiger charge is 2.39. The normalized spacial score (nSPS) is 21.2. The van der Waals surface area contributed by atoms with Crippen molar-refractivity contribution in [2.45, 2.75) is 40.5 Å². The molecule has 0 bridgehead atoms. The zero-order valence-corrected chi connectivity index (χ0v) is 12.1. The molecule has 106 valence electrons. The molecule has 0 aromatic heterocycles. The lowest BCUT2D eigenvalue weighted by Crippen LogP contribution is -2.44. The van der Waals surface area contributed by atoms with Crippen LogP contribution >= 0.6 is 0 Å². The third-order valence-corrected chi connectivity index (χ3v) is 3.72. The monoisotopic (exact) mass is 266 g/mol. The minimum Gasteiger partial charge on any atom is -0.367 e. The summed E-state index contributed by atoms with van der Waals surface area (Å²) in [5.74, 6) is -0.851. The SMILES string of the molecule is CC(C)(C)C(=O)ON1CCC(C)(C(C#N)C=O)CC1. The highest BCUT2D eigenvalue weighted by atomic mass is 16.7. The van der Waals surface area contributed by atoms with Gasteiger partial charge in [-0.1, -0.05) is 6.92 Å². The molecule has 1 atom stereocenters. The molecular weight excluding hydrogens is 244 g/mol. The van der Waals surface area contributed by atoms with Crippen molar-refractivity contribution in [2.75, 3.05) is 13.1 Å². The average Bonchev–Trinajstić information content (AvgIpc) is 2.32. The summed E-state index contributed by atoms with van der Waals surface area (Å²) in [6.07, 6.45) is 2.06. The molecule has 0 aromatic rings. The van der Waals surface area contributed by atoms with Crippen molar-refractivity contribution in [3.8, 4) is 6.07 Å². The van der Waals surface area contributed by atoms with Crippen molar-refractivity contribution >= 4 is 12.3 Å². The second kappa shape index (κ2) is 5.70. The first-order valence-electron chi connectivity index (χ1n) is 6.55. The fraction of sp³-hybridized carbons (Fsp3) is 0.786. The van der Waals surface area contributed by atoms with E-state index < -0.39 is 11.3 Å². The highest BCUT2D eigenvalue weighted by molar-refractivity contribution is 5.75. The van der Waals surface area contributed by atoms with Gasteiger partial charge in [-0.05, 0) is 39.0 Å². The van der Waals surface area contributed by atoms with Crippen LogP contribution in [0.3, 0.4) is 0 Å². The van der Waals surface area contributed by atoms with Gasteiger partial charge >= 0.3 is 5.97 Å². The van der Waals surface area contributed by atoms with Gasteiger partial charge in [-0.25, -0.2) is 4.79 Å². The first-order valence-corrected chi connectivity index (χ1v) is 6.55. The second-order valence-electron chi connectivity index (χ2n) is 6.45. The lowest BCUT2D eigenvalue weighted by atomic mass is 9.71. The van der Waals surface area contributed by atoms with Gasteiger partial charge in [0.25, 0.3) is 0 Å². The standard InChI is InChI=1S/C14H22N2O3/c1-13(2,3)12(18)19-16-7-5-14(4,6-8-16)11(9-15)10-17/h10-11H,5-8H2,1-4H3. The Morgan fingerprint density at radius 3 is 2.32 bits per heavy atom. The van der Waals surface area contributed by atoms with Gasteiger partial charge in [0.15, 0.2) is 0 Å². The largest absolute Gasteiger partial charge is 0.367 e. The van der Waals surface area contributed by atoms with E-state index in [4.69, 9.17) is 10.1 Å². The molecule has 1 rings (SSSR count). The predicted octanol–water partition coefficient (Wildman–Crippen LogP) is 1.93. The lowest BCUT2D eigenvalue weighted by molar-refractivity contribution is -0.210. The molecule has 1 saturated heterocycles. The number of carbonyl (C=O) groups is 2. The molecule has 1 aliphatic rings. The van der Waals surface area contributed by atoms with Crippen LogP contribution in [0, 0.1) is 28.1 Å². The maximum absolute atomic E-state index is 11.8. The van der Waals surface area contributed by atoms with Crippen LogP contribution in [0.1, 0.15) is 40.5 Å². The Hall–Kier alpha value is -1.41. The molecule has 1 fully saturated rings. The molecule has 0 N–H and O–H groups in total. The van der Waals surface area contributed by atoms with E-state index in [9.17, 15) is 9.59 Å². The van der Waals surface area contributed by atoms with E-state index >= 15 is 0 Å². The molecule has 5 nitrogen and oxygen atoms in total. The van der Waals surface area contributed by atoms with Crippen LogP contribution in [0.5, 0.6) is 0 Å². The van der Waals surface area contributed by atoms with Crippen LogP contribution in [0.4, 0.5) is 0 Å². The first kappa shape index (κ1) is 15.6. The summed E-state index contributed by atoms with van der Waals surface area (Å²) in [5.41, 5.74) is -0.847. The van der Waals surface area contributed by atoms with Gasteiger partial charge in [0.05, 0.1) is 11.5 Å². The van der Waals surface area contributed by atoms with Gasteiger partial charge in [-0.15, -0.1) is 5.06 Å². The van der Waals surface area contributed by atoms with Crippen LogP contribution in [0.25, 0.3) is 0 Å². The molecule has 0 radical (unpaired) electrons. The molecule has 1 aliphatic heterocycles. The summed E-state index contributed by atoms with van der Waals surface area (Å²) in [4.78, 5) is 28.0. The molecule has 0 amide bonds. The number of hydrogen-bond donors (Lipinski definition) is 0. The van der Waals surface area contributed by atoms with Crippen molar-refractivity contribution in [1.29, 1.82) is 5.26 Å². The van der Waals surface area contributed by atoms with Gasteiger partial charge < -0.3 is 9.63 Å². The third-order valence-electron chi connectivity index (χ3n) is 3.72. The van der Waals surface area contributed by atoms with Crippen molar-refractivity contribution < 1.29 is 14.4 Å². The molecule has 1 heterocycles. The summed E-state index contributed by atoms with van der Waals surface area (Å²) in [7, 11) is 0. The summed E-state index contributed by atoms with van der Waals surface area (Å²) in [5, 5.41) is 10.6. The topological polar surface area (TPSA) is 70.4 Å². The summed E-state index contributed by atoms with van der Waals surface area (Å²) in [6, 6.07) is 2.05. The molecular formula is C14H22N2O3. The Bertz CT molecular complexity index is 384. The average molecular weight is 266 g/mol. The summed E-state index contributed by atoms with van der Waals surface area (Å²) >= 11 is 0. The number of nitrogens with zero attached hydrogens (tertiary/aromatic N) is 2.